The molecule has 5 nitrogen and oxygen atoms in total. The molecule has 1 spiro atoms. The Hall–Kier alpha value is -1.30. The number of aliphatic hydroxyl groups is 1. The predicted molar refractivity (Wildman–Crippen MR) is 85.5 cm³/mol. The molecule has 3 N–H and O–H groups in total. The van der Waals surface area contributed by atoms with E-state index >= 15 is 0 Å². The summed E-state index contributed by atoms with van der Waals surface area (Å²) in [5.74, 6) is 0.568. The lowest BCUT2D eigenvalue weighted by Gasteiger charge is -2.59. The molecule has 2 bridgehead atoms. The summed E-state index contributed by atoms with van der Waals surface area (Å²) in [5, 5.41) is 25.3. The number of rotatable bonds is 0. The van der Waals surface area contributed by atoms with E-state index in [4.69, 9.17) is 4.74 Å². The van der Waals surface area contributed by atoms with Gasteiger partial charge >= 0.3 is 0 Å². The largest absolute Gasteiger partial charge is 0.504 e. The van der Waals surface area contributed by atoms with Gasteiger partial charge in [0.05, 0.1) is 11.0 Å². The second-order valence-electron chi connectivity index (χ2n) is 7.22. The topological polar surface area (TPSA) is 78.8 Å². The van der Waals surface area contributed by atoms with Gasteiger partial charge in [-0.05, 0) is 49.9 Å². The molecule has 1 aromatic carbocycles. The third kappa shape index (κ3) is 1.45. The third-order valence-electron chi connectivity index (χ3n) is 6.43. The maximum atomic E-state index is 12.5. The zero-order valence-electron chi connectivity index (χ0n) is 12.9. The van der Waals surface area contributed by atoms with Crippen molar-refractivity contribution in [2.24, 2.45) is 0 Å². The zero-order chi connectivity index (χ0) is 15.3. The highest BCUT2D eigenvalue weighted by molar-refractivity contribution is 5.90. The number of ketones is 1. The molecular weight excluding hydrogens is 318 g/mol. The smallest absolute Gasteiger partial charge is 0.174 e. The molecule has 0 aromatic heterocycles. The second-order valence-corrected chi connectivity index (χ2v) is 7.22. The molecule has 5 rings (SSSR count). The number of aryl methyl sites for hydroxylation is 1. The fourth-order valence-corrected chi connectivity index (χ4v) is 5.49. The number of Topliss-reactive ketones (excluding diaryl/α,β-unsaturated/α-hetero) is 1. The van der Waals surface area contributed by atoms with E-state index in [-0.39, 0.29) is 30.0 Å². The summed E-state index contributed by atoms with van der Waals surface area (Å²) in [5.41, 5.74) is 1.39. The summed E-state index contributed by atoms with van der Waals surface area (Å²) in [6, 6.07) is 1.66. The molecule has 2 fully saturated rings. The molecule has 2 aliphatic heterocycles. The third-order valence-corrected chi connectivity index (χ3v) is 6.43. The van der Waals surface area contributed by atoms with E-state index in [1.54, 1.807) is 6.07 Å². The van der Waals surface area contributed by atoms with Crippen molar-refractivity contribution in [2.75, 3.05) is 6.54 Å². The molecule has 4 atom stereocenters. The number of hydrogen-bond donors (Lipinski definition) is 3. The van der Waals surface area contributed by atoms with Crippen LogP contribution in [0.3, 0.4) is 0 Å². The van der Waals surface area contributed by atoms with Crippen LogP contribution < -0.4 is 10.1 Å². The number of carbonyl (C=O) groups is 1. The van der Waals surface area contributed by atoms with Crippen molar-refractivity contribution in [1.29, 1.82) is 0 Å². The van der Waals surface area contributed by atoms with Gasteiger partial charge in [0.25, 0.3) is 0 Å². The van der Waals surface area contributed by atoms with Gasteiger partial charge in [0.1, 0.15) is 0 Å². The average molecular weight is 338 g/mol. The molecule has 124 valence electrons. The predicted octanol–water partition coefficient (Wildman–Crippen LogP) is 1.13. The fraction of sp³-hybridized carbons (Fsp3) is 0.588. The number of aromatic hydroxyl groups is 1. The summed E-state index contributed by atoms with van der Waals surface area (Å²) in [4.78, 5) is 12.5. The van der Waals surface area contributed by atoms with Crippen LogP contribution in [0.2, 0.25) is 0 Å². The molecular formula is C17H20ClNO4. The number of phenols is 1. The van der Waals surface area contributed by atoms with Crippen molar-refractivity contribution in [3.05, 3.63) is 22.8 Å². The maximum Gasteiger partial charge on any atom is 0.174 e. The van der Waals surface area contributed by atoms with Crippen LogP contribution in [-0.2, 0) is 16.6 Å². The number of phenolic OH excluding ortho intramolecular Hbond substituents is 1. The lowest BCUT2D eigenvalue weighted by Crippen LogP contribution is -2.76. The zero-order valence-corrected chi connectivity index (χ0v) is 13.7. The number of piperidine rings is 1. The minimum Gasteiger partial charge on any atom is -0.504 e. The van der Waals surface area contributed by atoms with E-state index in [9.17, 15) is 15.0 Å². The molecule has 1 saturated heterocycles. The molecule has 0 unspecified atom stereocenters. The number of carbonyl (C=O) groups excluding carboxylic acids is 1. The monoisotopic (exact) mass is 337 g/mol. The van der Waals surface area contributed by atoms with Gasteiger partial charge in [-0.2, -0.15) is 0 Å². The van der Waals surface area contributed by atoms with Crippen LogP contribution in [-0.4, -0.2) is 40.3 Å². The second kappa shape index (κ2) is 4.41. The lowest BCUT2D eigenvalue weighted by atomic mass is 9.49. The average Bonchev–Trinajstić information content (AvgIpc) is 2.80. The molecule has 4 aliphatic rings. The van der Waals surface area contributed by atoms with Crippen LogP contribution in [0.25, 0.3) is 0 Å². The van der Waals surface area contributed by atoms with E-state index < -0.39 is 17.1 Å². The minimum atomic E-state index is -0.970. The van der Waals surface area contributed by atoms with Crippen LogP contribution in [0.4, 0.5) is 0 Å². The van der Waals surface area contributed by atoms with Crippen molar-refractivity contribution in [3.63, 3.8) is 0 Å². The molecule has 2 heterocycles. The standard InChI is InChI=1S/C17H19NO4.ClH/c1-8-6-11(20)14-13-9(8)7-12-17(21)3-2-10(19)15(22-14)16(13,17)4-5-18-12;/h6,12,15,18,20-21H,2-5,7H2,1H3;1H/t12-,15+,16+,17-;/m1./s1. The van der Waals surface area contributed by atoms with Crippen molar-refractivity contribution >= 4 is 18.2 Å². The number of halogens is 1. The van der Waals surface area contributed by atoms with Crippen LogP contribution in [0.1, 0.15) is 36.0 Å². The van der Waals surface area contributed by atoms with E-state index in [1.165, 1.54) is 0 Å². The number of benzene rings is 1. The van der Waals surface area contributed by atoms with Gasteiger partial charge in [0, 0.05) is 18.0 Å². The van der Waals surface area contributed by atoms with E-state index in [2.05, 4.69) is 5.32 Å². The van der Waals surface area contributed by atoms with Crippen LogP contribution in [0, 0.1) is 6.92 Å². The van der Waals surface area contributed by atoms with Crippen molar-refractivity contribution in [3.8, 4) is 11.5 Å². The highest BCUT2D eigenvalue weighted by atomic mass is 35.5. The Labute approximate surface area is 140 Å². The normalized spacial score (nSPS) is 39.3. The highest BCUT2D eigenvalue weighted by Crippen LogP contribution is 2.63. The van der Waals surface area contributed by atoms with Gasteiger partial charge in [-0.1, -0.05) is 0 Å². The summed E-state index contributed by atoms with van der Waals surface area (Å²) in [7, 11) is 0. The highest BCUT2D eigenvalue weighted by Gasteiger charge is 2.72. The van der Waals surface area contributed by atoms with Gasteiger partial charge in [-0.15, -0.1) is 12.4 Å². The minimum absolute atomic E-state index is 0. The van der Waals surface area contributed by atoms with Gasteiger partial charge < -0.3 is 20.3 Å². The Morgan fingerprint density at radius 1 is 1.39 bits per heavy atom. The molecule has 1 aromatic rings. The summed E-state index contributed by atoms with van der Waals surface area (Å²) in [6.07, 6.45) is 1.54. The van der Waals surface area contributed by atoms with Crippen LogP contribution >= 0.6 is 12.4 Å². The summed E-state index contributed by atoms with van der Waals surface area (Å²) >= 11 is 0. The van der Waals surface area contributed by atoms with Crippen LogP contribution in [0.15, 0.2) is 6.07 Å². The van der Waals surface area contributed by atoms with Crippen molar-refractivity contribution in [1.82, 2.24) is 5.32 Å². The molecule has 6 heteroatoms. The first-order valence-corrected chi connectivity index (χ1v) is 8.00. The summed E-state index contributed by atoms with van der Waals surface area (Å²) < 4.78 is 5.95. The van der Waals surface area contributed by atoms with E-state index in [0.717, 1.165) is 29.7 Å². The molecule has 0 radical (unpaired) electrons. The molecule has 0 amide bonds. The molecule has 23 heavy (non-hydrogen) atoms. The van der Waals surface area contributed by atoms with Gasteiger partial charge in [0.15, 0.2) is 23.4 Å². The van der Waals surface area contributed by atoms with Gasteiger partial charge in [-0.3, -0.25) is 4.79 Å². The number of nitrogens with one attached hydrogen (secondary N) is 1. The maximum absolute atomic E-state index is 12.5. The van der Waals surface area contributed by atoms with Crippen LogP contribution in [0.5, 0.6) is 11.5 Å². The first-order valence-electron chi connectivity index (χ1n) is 8.00. The Morgan fingerprint density at radius 2 is 2.17 bits per heavy atom. The van der Waals surface area contributed by atoms with E-state index in [0.29, 0.717) is 25.0 Å². The van der Waals surface area contributed by atoms with Crippen molar-refractivity contribution in [2.45, 2.75) is 55.8 Å². The Balaban J connectivity index is 0.00000135. The molecule has 2 aliphatic carbocycles. The number of hydrogen-bond acceptors (Lipinski definition) is 5. The van der Waals surface area contributed by atoms with Gasteiger partial charge in [-0.25, -0.2) is 0 Å². The quantitative estimate of drug-likeness (QED) is 0.661. The molecule has 1 saturated carbocycles. The Bertz CT molecular complexity index is 736. The van der Waals surface area contributed by atoms with Crippen molar-refractivity contribution < 1.29 is 19.7 Å². The van der Waals surface area contributed by atoms with Gasteiger partial charge in [0.2, 0.25) is 0 Å². The summed E-state index contributed by atoms with van der Waals surface area (Å²) in [6.45, 7) is 2.73. The first-order chi connectivity index (χ1) is 10.5. The number of ether oxygens (including phenoxy) is 1. The Morgan fingerprint density at radius 3 is 2.96 bits per heavy atom. The van der Waals surface area contributed by atoms with E-state index in [1.807, 2.05) is 6.92 Å². The fourth-order valence-electron chi connectivity index (χ4n) is 5.49. The lowest BCUT2D eigenvalue weighted by molar-refractivity contribution is -0.166. The first kappa shape index (κ1) is 15.2. The SMILES string of the molecule is Cc1cc(O)c2c3c1C[C@H]1NCC[C@@]34[C@@H](O2)C(=O)CC[C@@]14O.Cl. The Kier molecular flexibility index (Phi) is 2.92.